The maximum atomic E-state index is 5.68. The number of hydrogen-bond acceptors (Lipinski definition) is 5. The fourth-order valence-corrected chi connectivity index (χ4v) is 1.85. The number of nitrogens with zero attached hydrogens (tertiary/aromatic N) is 2. The highest BCUT2D eigenvalue weighted by molar-refractivity contribution is 5.56. The second kappa shape index (κ2) is 6.33. The zero-order chi connectivity index (χ0) is 13.7. The molecule has 0 bridgehead atoms. The van der Waals surface area contributed by atoms with Gasteiger partial charge in [-0.15, -0.1) is 0 Å². The molecule has 102 valence electrons. The van der Waals surface area contributed by atoms with Crippen molar-refractivity contribution < 1.29 is 9.26 Å². The van der Waals surface area contributed by atoms with E-state index in [-0.39, 0.29) is 5.92 Å². The molecule has 0 saturated heterocycles. The lowest BCUT2D eigenvalue weighted by Crippen LogP contribution is -2.11. The summed E-state index contributed by atoms with van der Waals surface area (Å²) in [5.74, 6) is 2.10. The van der Waals surface area contributed by atoms with Crippen molar-refractivity contribution in [1.82, 2.24) is 10.1 Å². The molecule has 2 N–H and O–H groups in total. The second-order valence-corrected chi connectivity index (χ2v) is 4.26. The lowest BCUT2D eigenvalue weighted by atomic mass is 10.1. The monoisotopic (exact) mass is 261 g/mol. The molecule has 0 aliphatic heterocycles. The lowest BCUT2D eigenvalue weighted by molar-refractivity contribution is 0.340. The molecule has 1 aromatic carbocycles. The van der Waals surface area contributed by atoms with E-state index in [4.69, 9.17) is 15.0 Å². The van der Waals surface area contributed by atoms with Crippen LogP contribution in [0.5, 0.6) is 5.75 Å². The van der Waals surface area contributed by atoms with Crippen LogP contribution >= 0.6 is 0 Å². The van der Waals surface area contributed by atoms with Crippen molar-refractivity contribution in [2.24, 2.45) is 5.73 Å². The third-order valence-corrected chi connectivity index (χ3v) is 2.97. The van der Waals surface area contributed by atoms with E-state index < -0.39 is 0 Å². The Balaban J connectivity index is 2.24. The SMILES string of the molecule is CCOc1cccc(-c2noc(C(CC)CN)n2)c1. The molecular formula is C14H19N3O2. The molecule has 0 aliphatic carbocycles. The first-order valence-electron chi connectivity index (χ1n) is 6.55. The van der Waals surface area contributed by atoms with Crippen molar-refractivity contribution in [3.8, 4) is 17.1 Å². The Bertz CT molecular complexity index is 521. The molecule has 0 fully saturated rings. The molecule has 1 unspecified atom stereocenters. The van der Waals surface area contributed by atoms with Crippen molar-refractivity contribution >= 4 is 0 Å². The summed E-state index contributed by atoms with van der Waals surface area (Å²) in [5, 5.41) is 4.01. The average molecular weight is 261 g/mol. The van der Waals surface area contributed by atoms with Gasteiger partial charge in [-0.25, -0.2) is 0 Å². The maximum Gasteiger partial charge on any atom is 0.231 e. The van der Waals surface area contributed by atoms with Gasteiger partial charge in [0.15, 0.2) is 0 Å². The van der Waals surface area contributed by atoms with E-state index in [2.05, 4.69) is 17.1 Å². The zero-order valence-electron chi connectivity index (χ0n) is 11.3. The van der Waals surface area contributed by atoms with E-state index in [0.29, 0.717) is 24.9 Å². The lowest BCUT2D eigenvalue weighted by Gasteiger charge is -2.04. The Morgan fingerprint density at radius 2 is 2.21 bits per heavy atom. The van der Waals surface area contributed by atoms with Crippen molar-refractivity contribution in [2.75, 3.05) is 13.2 Å². The van der Waals surface area contributed by atoms with Gasteiger partial charge in [-0.1, -0.05) is 24.2 Å². The highest BCUT2D eigenvalue weighted by Gasteiger charge is 2.16. The molecular weight excluding hydrogens is 242 g/mol. The third-order valence-electron chi connectivity index (χ3n) is 2.97. The molecule has 19 heavy (non-hydrogen) atoms. The minimum Gasteiger partial charge on any atom is -0.494 e. The highest BCUT2D eigenvalue weighted by Crippen LogP contribution is 2.24. The van der Waals surface area contributed by atoms with Crippen LogP contribution in [0.15, 0.2) is 28.8 Å². The van der Waals surface area contributed by atoms with E-state index in [1.807, 2.05) is 31.2 Å². The minimum atomic E-state index is 0.122. The van der Waals surface area contributed by atoms with Gasteiger partial charge in [-0.3, -0.25) is 0 Å². The second-order valence-electron chi connectivity index (χ2n) is 4.26. The van der Waals surface area contributed by atoms with E-state index in [0.717, 1.165) is 17.7 Å². The quantitative estimate of drug-likeness (QED) is 0.865. The normalized spacial score (nSPS) is 12.4. The highest BCUT2D eigenvalue weighted by atomic mass is 16.5. The molecule has 0 radical (unpaired) electrons. The van der Waals surface area contributed by atoms with Gasteiger partial charge in [-0.05, 0) is 25.5 Å². The smallest absolute Gasteiger partial charge is 0.231 e. The van der Waals surface area contributed by atoms with Crippen LogP contribution < -0.4 is 10.5 Å². The van der Waals surface area contributed by atoms with E-state index in [1.54, 1.807) is 0 Å². The van der Waals surface area contributed by atoms with E-state index in [1.165, 1.54) is 0 Å². The molecule has 0 aliphatic rings. The van der Waals surface area contributed by atoms with Gasteiger partial charge in [0.2, 0.25) is 11.7 Å². The molecule has 1 aromatic heterocycles. The predicted molar refractivity (Wildman–Crippen MR) is 73.0 cm³/mol. The zero-order valence-corrected chi connectivity index (χ0v) is 11.3. The first-order chi connectivity index (χ1) is 9.28. The first-order valence-corrected chi connectivity index (χ1v) is 6.55. The standard InChI is InChI=1S/C14H19N3O2/c1-3-10(9-15)14-16-13(17-19-14)11-6-5-7-12(8-11)18-4-2/h5-8,10H,3-4,9,15H2,1-2H3. The van der Waals surface area contributed by atoms with Crippen LogP contribution in [0.3, 0.4) is 0 Å². The first kappa shape index (κ1) is 13.5. The average Bonchev–Trinajstić information content (AvgIpc) is 2.91. The number of ether oxygens (including phenoxy) is 1. The molecule has 0 spiro atoms. The number of hydrogen-bond donors (Lipinski definition) is 1. The van der Waals surface area contributed by atoms with Crippen molar-refractivity contribution in [2.45, 2.75) is 26.2 Å². The summed E-state index contributed by atoms with van der Waals surface area (Å²) in [6.07, 6.45) is 0.886. The maximum absolute atomic E-state index is 5.68. The third kappa shape index (κ3) is 3.12. The Labute approximate surface area is 112 Å². The van der Waals surface area contributed by atoms with Gasteiger partial charge in [-0.2, -0.15) is 4.98 Å². The summed E-state index contributed by atoms with van der Waals surface area (Å²) in [6, 6.07) is 7.65. The number of benzene rings is 1. The number of nitrogens with two attached hydrogens (primary N) is 1. The summed E-state index contributed by atoms with van der Waals surface area (Å²) < 4.78 is 10.7. The van der Waals surface area contributed by atoms with Gasteiger partial charge in [0.25, 0.3) is 0 Å². The summed E-state index contributed by atoms with van der Waals surface area (Å²) in [4.78, 5) is 4.41. The summed E-state index contributed by atoms with van der Waals surface area (Å²) in [7, 11) is 0. The van der Waals surface area contributed by atoms with Crippen molar-refractivity contribution in [3.63, 3.8) is 0 Å². The molecule has 0 saturated carbocycles. The van der Waals surface area contributed by atoms with Crippen LogP contribution in [0.1, 0.15) is 32.1 Å². The molecule has 1 atom stereocenters. The molecule has 0 amide bonds. The van der Waals surface area contributed by atoms with Gasteiger partial charge in [0, 0.05) is 12.1 Å². The number of rotatable bonds is 6. The fourth-order valence-electron chi connectivity index (χ4n) is 1.85. The van der Waals surface area contributed by atoms with Crippen LogP contribution in [0.2, 0.25) is 0 Å². The Kier molecular flexibility index (Phi) is 4.52. The van der Waals surface area contributed by atoms with Crippen LogP contribution in [0.25, 0.3) is 11.4 Å². The topological polar surface area (TPSA) is 74.2 Å². The molecule has 2 aromatic rings. The summed E-state index contributed by atoms with van der Waals surface area (Å²) >= 11 is 0. The van der Waals surface area contributed by atoms with Gasteiger partial charge >= 0.3 is 0 Å². The van der Waals surface area contributed by atoms with Crippen molar-refractivity contribution in [3.05, 3.63) is 30.2 Å². The largest absolute Gasteiger partial charge is 0.494 e. The van der Waals surface area contributed by atoms with Gasteiger partial charge in [0.05, 0.1) is 12.5 Å². The van der Waals surface area contributed by atoms with Crippen LogP contribution in [0.4, 0.5) is 0 Å². The van der Waals surface area contributed by atoms with Crippen LogP contribution in [0, 0.1) is 0 Å². The summed E-state index contributed by atoms with van der Waals surface area (Å²) in [5.41, 5.74) is 6.56. The number of aromatic nitrogens is 2. The van der Waals surface area contributed by atoms with E-state index in [9.17, 15) is 0 Å². The van der Waals surface area contributed by atoms with Crippen LogP contribution in [-0.4, -0.2) is 23.3 Å². The molecule has 5 heteroatoms. The summed E-state index contributed by atoms with van der Waals surface area (Å²) in [6.45, 7) is 5.15. The van der Waals surface area contributed by atoms with Crippen LogP contribution in [-0.2, 0) is 0 Å². The Morgan fingerprint density at radius 3 is 2.89 bits per heavy atom. The Morgan fingerprint density at radius 1 is 1.37 bits per heavy atom. The molecule has 1 heterocycles. The fraction of sp³-hybridized carbons (Fsp3) is 0.429. The van der Waals surface area contributed by atoms with Gasteiger partial charge < -0.3 is 15.0 Å². The molecule has 5 nitrogen and oxygen atoms in total. The Hall–Kier alpha value is -1.88. The van der Waals surface area contributed by atoms with Crippen molar-refractivity contribution in [1.29, 1.82) is 0 Å². The van der Waals surface area contributed by atoms with Gasteiger partial charge in [0.1, 0.15) is 5.75 Å². The molecule has 2 rings (SSSR count). The van der Waals surface area contributed by atoms with E-state index >= 15 is 0 Å². The minimum absolute atomic E-state index is 0.122. The predicted octanol–water partition coefficient (Wildman–Crippen LogP) is 2.59.